The van der Waals surface area contributed by atoms with Crippen molar-refractivity contribution in [3.05, 3.63) is 60.2 Å². The lowest BCUT2D eigenvalue weighted by Gasteiger charge is -2.08. The van der Waals surface area contributed by atoms with E-state index in [-0.39, 0.29) is 18.5 Å². The number of hydrogen-bond donors (Lipinski definition) is 2. The van der Waals surface area contributed by atoms with E-state index in [0.29, 0.717) is 24.0 Å². The van der Waals surface area contributed by atoms with Crippen molar-refractivity contribution in [1.82, 2.24) is 10.2 Å². The van der Waals surface area contributed by atoms with Gasteiger partial charge in [0.2, 0.25) is 12.7 Å². The minimum Gasteiger partial charge on any atom is -0.494 e. The number of amides is 1. The monoisotopic (exact) mass is 438 g/mol. The molecule has 1 aromatic heterocycles. The summed E-state index contributed by atoms with van der Waals surface area (Å²) in [6.07, 6.45) is 0. The molecule has 0 fully saturated rings. The zero-order valence-electron chi connectivity index (χ0n) is 17.0. The first-order valence-corrected chi connectivity index (χ1v) is 10.8. The molecule has 0 aliphatic carbocycles. The minimum atomic E-state index is -0.110. The molecule has 9 heteroatoms. The number of hydrogen-bond acceptors (Lipinski definition) is 8. The number of rotatable bonds is 9. The van der Waals surface area contributed by atoms with E-state index in [1.54, 1.807) is 0 Å². The molecule has 0 atom stereocenters. The van der Waals surface area contributed by atoms with Gasteiger partial charge in [-0.1, -0.05) is 17.8 Å². The van der Waals surface area contributed by atoms with Crippen LogP contribution in [0.3, 0.4) is 0 Å². The highest BCUT2D eigenvalue weighted by atomic mass is 32.2. The lowest BCUT2D eigenvalue weighted by atomic mass is 10.2. The molecular weight excluding hydrogens is 416 g/mol. The van der Waals surface area contributed by atoms with Crippen LogP contribution in [0.5, 0.6) is 17.2 Å². The molecule has 2 aromatic carbocycles. The quantitative estimate of drug-likeness (QED) is 0.485. The molecule has 8 nitrogen and oxygen atoms in total. The van der Waals surface area contributed by atoms with Crippen molar-refractivity contribution in [3.8, 4) is 17.2 Å². The van der Waals surface area contributed by atoms with Gasteiger partial charge in [0.25, 0.3) is 0 Å². The van der Waals surface area contributed by atoms with Crippen LogP contribution in [-0.2, 0) is 11.3 Å². The second-order valence-corrected chi connectivity index (χ2v) is 7.59. The van der Waals surface area contributed by atoms with Gasteiger partial charge in [0.15, 0.2) is 11.5 Å². The summed E-state index contributed by atoms with van der Waals surface area (Å²) in [6, 6.07) is 16.8. The zero-order chi connectivity index (χ0) is 21.5. The van der Waals surface area contributed by atoms with Gasteiger partial charge in [0.1, 0.15) is 16.6 Å². The van der Waals surface area contributed by atoms with Crippen molar-refractivity contribution in [1.29, 1.82) is 0 Å². The van der Waals surface area contributed by atoms with E-state index in [9.17, 15) is 4.79 Å². The molecule has 2 heterocycles. The molecule has 3 aromatic rings. The van der Waals surface area contributed by atoms with Gasteiger partial charge in [-0.05, 0) is 61.0 Å². The largest absolute Gasteiger partial charge is 0.494 e. The predicted molar refractivity (Wildman–Crippen MR) is 119 cm³/mol. The number of fused-ring (bicyclic) bond motifs is 1. The number of nitrogens with zero attached hydrogens (tertiary/aromatic N) is 2. The molecule has 1 aliphatic rings. The number of anilines is 2. The summed E-state index contributed by atoms with van der Waals surface area (Å²) in [7, 11) is 0. The van der Waals surface area contributed by atoms with E-state index >= 15 is 0 Å². The van der Waals surface area contributed by atoms with Crippen LogP contribution in [0, 0.1) is 0 Å². The van der Waals surface area contributed by atoms with Gasteiger partial charge in [-0.15, -0.1) is 10.2 Å². The molecule has 31 heavy (non-hydrogen) atoms. The number of aromatic nitrogens is 2. The summed E-state index contributed by atoms with van der Waals surface area (Å²) in [6.45, 7) is 3.38. The molecule has 1 aliphatic heterocycles. The molecule has 2 N–H and O–H groups in total. The standard InChI is InChI=1S/C22H22N4O4S/c1-2-28-17-6-4-16(5-7-17)24-21(27)13-31-22-10-9-20(25-26-22)23-12-15-3-8-18-19(11-15)30-14-29-18/h3-11H,2,12-14H2,1H3,(H,23,25)(H,24,27). The smallest absolute Gasteiger partial charge is 0.234 e. The topological polar surface area (TPSA) is 94.6 Å². The highest BCUT2D eigenvalue weighted by molar-refractivity contribution is 7.99. The van der Waals surface area contributed by atoms with Gasteiger partial charge >= 0.3 is 0 Å². The van der Waals surface area contributed by atoms with Crippen LogP contribution in [0.1, 0.15) is 12.5 Å². The van der Waals surface area contributed by atoms with Gasteiger partial charge in [-0.2, -0.15) is 0 Å². The van der Waals surface area contributed by atoms with Crippen LogP contribution in [0.4, 0.5) is 11.5 Å². The van der Waals surface area contributed by atoms with E-state index in [0.717, 1.165) is 28.5 Å². The van der Waals surface area contributed by atoms with Gasteiger partial charge in [0.05, 0.1) is 12.4 Å². The van der Waals surface area contributed by atoms with Crippen molar-refractivity contribution in [2.45, 2.75) is 18.5 Å². The third kappa shape index (κ3) is 5.79. The average molecular weight is 439 g/mol. The third-order valence-corrected chi connectivity index (χ3v) is 5.27. The van der Waals surface area contributed by atoms with Crippen LogP contribution in [0.2, 0.25) is 0 Å². The van der Waals surface area contributed by atoms with Crippen molar-refractivity contribution in [2.24, 2.45) is 0 Å². The summed E-state index contributed by atoms with van der Waals surface area (Å²) >= 11 is 1.33. The van der Waals surface area contributed by atoms with Crippen molar-refractivity contribution in [2.75, 3.05) is 29.8 Å². The first kappa shape index (κ1) is 20.8. The molecule has 0 saturated carbocycles. The molecule has 0 radical (unpaired) electrons. The summed E-state index contributed by atoms with van der Waals surface area (Å²) in [5.41, 5.74) is 1.78. The first-order chi connectivity index (χ1) is 15.2. The maximum absolute atomic E-state index is 12.2. The molecule has 0 bridgehead atoms. The Hall–Kier alpha value is -3.46. The number of carbonyl (C=O) groups excluding carboxylic acids is 1. The summed E-state index contributed by atoms with van der Waals surface area (Å²) in [5.74, 6) is 3.07. The van der Waals surface area contributed by atoms with E-state index in [1.807, 2.05) is 61.5 Å². The summed E-state index contributed by atoms with van der Waals surface area (Å²) in [5, 5.41) is 15.1. The lowest BCUT2D eigenvalue weighted by molar-refractivity contribution is -0.113. The second-order valence-electron chi connectivity index (χ2n) is 6.59. The second kappa shape index (κ2) is 10.0. The Labute approximate surface area is 184 Å². The first-order valence-electron chi connectivity index (χ1n) is 9.81. The Balaban J connectivity index is 1.22. The molecule has 0 unspecified atom stereocenters. The predicted octanol–water partition coefficient (Wildman–Crippen LogP) is 3.95. The van der Waals surface area contributed by atoms with Gasteiger partial charge in [-0.3, -0.25) is 4.79 Å². The molecule has 0 spiro atoms. The Morgan fingerprint density at radius 1 is 1.06 bits per heavy atom. The minimum absolute atomic E-state index is 0.110. The zero-order valence-corrected chi connectivity index (χ0v) is 17.8. The maximum atomic E-state index is 12.2. The van der Waals surface area contributed by atoms with E-state index in [2.05, 4.69) is 20.8 Å². The fourth-order valence-electron chi connectivity index (χ4n) is 2.87. The lowest BCUT2D eigenvalue weighted by Crippen LogP contribution is -2.14. The van der Waals surface area contributed by atoms with Crippen LogP contribution in [-0.4, -0.2) is 35.3 Å². The van der Waals surface area contributed by atoms with E-state index in [4.69, 9.17) is 14.2 Å². The molecule has 0 saturated heterocycles. The SMILES string of the molecule is CCOc1ccc(NC(=O)CSc2ccc(NCc3ccc4c(c3)OCO4)nn2)cc1. The Bertz CT molecular complexity index is 1030. The number of benzene rings is 2. The summed E-state index contributed by atoms with van der Waals surface area (Å²) in [4.78, 5) is 12.2. The third-order valence-electron chi connectivity index (χ3n) is 4.35. The van der Waals surface area contributed by atoms with Gasteiger partial charge < -0.3 is 24.8 Å². The van der Waals surface area contributed by atoms with Gasteiger partial charge in [-0.25, -0.2) is 0 Å². The van der Waals surface area contributed by atoms with Crippen molar-refractivity contribution in [3.63, 3.8) is 0 Å². The van der Waals surface area contributed by atoms with Gasteiger partial charge in [0, 0.05) is 12.2 Å². The number of nitrogens with one attached hydrogen (secondary N) is 2. The fourth-order valence-corrected chi connectivity index (χ4v) is 3.49. The van der Waals surface area contributed by atoms with E-state index in [1.165, 1.54) is 11.8 Å². The Morgan fingerprint density at radius 3 is 2.68 bits per heavy atom. The highest BCUT2D eigenvalue weighted by Gasteiger charge is 2.13. The normalized spacial score (nSPS) is 11.8. The number of ether oxygens (including phenoxy) is 3. The van der Waals surface area contributed by atoms with Crippen LogP contribution >= 0.6 is 11.8 Å². The fraction of sp³-hybridized carbons (Fsp3) is 0.227. The number of carbonyl (C=O) groups is 1. The Morgan fingerprint density at radius 2 is 1.90 bits per heavy atom. The van der Waals surface area contributed by atoms with Crippen LogP contribution in [0.15, 0.2) is 59.6 Å². The highest BCUT2D eigenvalue weighted by Crippen LogP contribution is 2.32. The van der Waals surface area contributed by atoms with Crippen molar-refractivity contribution >= 4 is 29.2 Å². The molecule has 160 valence electrons. The van der Waals surface area contributed by atoms with E-state index < -0.39 is 0 Å². The molecule has 1 amide bonds. The molecular formula is C22H22N4O4S. The Kier molecular flexibility index (Phi) is 6.73. The van der Waals surface area contributed by atoms with Crippen molar-refractivity contribution < 1.29 is 19.0 Å². The maximum Gasteiger partial charge on any atom is 0.234 e. The average Bonchev–Trinajstić information content (AvgIpc) is 3.26. The molecule has 4 rings (SSSR count). The van der Waals surface area contributed by atoms with Crippen LogP contribution in [0.25, 0.3) is 0 Å². The summed E-state index contributed by atoms with van der Waals surface area (Å²) < 4.78 is 16.1. The van der Waals surface area contributed by atoms with Crippen LogP contribution < -0.4 is 24.8 Å². The number of thioether (sulfide) groups is 1.